The SMILES string of the molecule is O=C1CCCN1CCCN1CC(OCC2CC2)CN(C(=O)Cn2ncc3ccccc32)CC1=O. The van der Waals surface area contributed by atoms with E-state index in [0.717, 1.165) is 30.3 Å². The zero-order valence-corrected chi connectivity index (χ0v) is 19.6. The first-order valence-corrected chi connectivity index (χ1v) is 12.4. The molecule has 3 aliphatic rings. The van der Waals surface area contributed by atoms with Crippen molar-refractivity contribution in [3.63, 3.8) is 0 Å². The van der Waals surface area contributed by atoms with Gasteiger partial charge in [-0.25, -0.2) is 0 Å². The normalized spacial score (nSPS) is 21.5. The van der Waals surface area contributed by atoms with Crippen LogP contribution in [0.1, 0.15) is 32.1 Å². The molecule has 2 aliphatic heterocycles. The van der Waals surface area contributed by atoms with E-state index >= 15 is 0 Å². The van der Waals surface area contributed by atoms with Crippen LogP contribution in [0.3, 0.4) is 0 Å². The molecule has 182 valence electrons. The summed E-state index contributed by atoms with van der Waals surface area (Å²) in [6.07, 6.45) is 6.20. The van der Waals surface area contributed by atoms with Gasteiger partial charge in [0.2, 0.25) is 17.7 Å². The highest BCUT2D eigenvalue weighted by molar-refractivity contribution is 5.86. The Hall–Kier alpha value is -2.94. The molecule has 3 fully saturated rings. The molecule has 0 radical (unpaired) electrons. The van der Waals surface area contributed by atoms with E-state index in [0.29, 0.717) is 45.1 Å². The van der Waals surface area contributed by atoms with Gasteiger partial charge in [-0.2, -0.15) is 5.10 Å². The lowest BCUT2D eigenvalue weighted by molar-refractivity contribution is -0.139. The van der Waals surface area contributed by atoms with Crippen molar-refractivity contribution in [1.82, 2.24) is 24.5 Å². The number of benzene rings is 1. The van der Waals surface area contributed by atoms with Gasteiger partial charge in [0.15, 0.2) is 0 Å². The lowest BCUT2D eigenvalue weighted by Gasteiger charge is -2.25. The van der Waals surface area contributed by atoms with Gasteiger partial charge in [-0.3, -0.25) is 19.1 Å². The van der Waals surface area contributed by atoms with Gasteiger partial charge in [-0.1, -0.05) is 18.2 Å². The van der Waals surface area contributed by atoms with Crippen molar-refractivity contribution in [1.29, 1.82) is 0 Å². The Labute approximate surface area is 199 Å². The first kappa shape index (κ1) is 22.8. The Morgan fingerprint density at radius 1 is 1.06 bits per heavy atom. The number of ether oxygens (including phenoxy) is 1. The fourth-order valence-corrected chi connectivity index (χ4v) is 4.82. The van der Waals surface area contributed by atoms with Crippen molar-refractivity contribution in [2.24, 2.45) is 5.92 Å². The average Bonchev–Trinajstić information content (AvgIpc) is 3.49. The Bertz CT molecular complexity index is 1050. The molecule has 1 unspecified atom stereocenters. The largest absolute Gasteiger partial charge is 0.374 e. The Morgan fingerprint density at radius 2 is 1.88 bits per heavy atom. The number of carbonyl (C=O) groups is 3. The van der Waals surface area contributed by atoms with E-state index in [1.165, 1.54) is 12.8 Å². The first-order chi connectivity index (χ1) is 16.6. The molecule has 3 heterocycles. The third kappa shape index (κ3) is 5.41. The van der Waals surface area contributed by atoms with Crippen LogP contribution in [0.25, 0.3) is 10.9 Å². The first-order valence-electron chi connectivity index (χ1n) is 12.4. The number of para-hydroxylation sites is 1. The lowest BCUT2D eigenvalue weighted by Crippen LogP contribution is -2.41. The van der Waals surface area contributed by atoms with E-state index in [2.05, 4.69) is 5.10 Å². The molecule has 5 rings (SSSR count). The number of nitrogens with zero attached hydrogens (tertiary/aromatic N) is 5. The van der Waals surface area contributed by atoms with Crippen LogP contribution in [0.4, 0.5) is 0 Å². The van der Waals surface area contributed by atoms with E-state index in [9.17, 15) is 14.4 Å². The lowest BCUT2D eigenvalue weighted by atomic mass is 10.2. The van der Waals surface area contributed by atoms with Gasteiger partial charge in [-0.15, -0.1) is 0 Å². The molecule has 9 heteroatoms. The van der Waals surface area contributed by atoms with Crippen LogP contribution in [-0.4, -0.2) is 94.2 Å². The van der Waals surface area contributed by atoms with Gasteiger partial charge in [0, 0.05) is 51.1 Å². The zero-order valence-electron chi connectivity index (χ0n) is 19.6. The summed E-state index contributed by atoms with van der Waals surface area (Å²) in [5, 5.41) is 5.35. The maximum absolute atomic E-state index is 13.2. The predicted molar refractivity (Wildman–Crippen MR) is 126 cm³/mol. The monoisotopic (exact) mass is 467 g/mol. The summed E-state index contributed by atoms with van der Waals surface area (Å²) in [4.78, 5) is 43.5. The summed E-state index contributed by atoms with van der Waals surface area (Å²) in [5.41, 5.74) is 0.900. The third-order valence-corrected chi connectivity index (χ3v) is 7.01. The number of aromatic nitrogens is 2. The number of hydrogen-bond donors (Lipinski definition) is 0. The molecule has 1 aliphatic carbocycles. The summed E-state index contributed by atoms with van der Waals surface area (Å²) in [6.45, 7) is 3.75. The summed E-state index contributed by atoms with van der Waals surface area (Å²) >= 11 is 0. The predicted octanol–water partition coefficient (Wildman–Crippen LogP) is 1.51. The fraction of sp³-hybridized carbons (Fsp3) is 0.600. The number of likely N-dealkylation sites (tertiary alicyclic amines) is 1. The highest BCUT2D eigenvalue weighted by Gasteiger charge is 2.32. The van der Waals surface area contributed by atoms with E-state index in [-0.39, 0.29) is 36.9 Å². The van der Waals surface area contributed by atoms with Gasteiger partial charge in [0.05, 0.1) is 24.4 Å². The average molecular weight is 468 g/mol. The van der Waals surface area contributed by atoms with E-state index < -0.39 is 0 Å². The third-order valence-electron chi connectivity index (χ3n) is 7.01. The minimum absolute atomic E-state index is 0.0456. The van der Waals surface area contributed by atoms with Crippen LogP contribution < -0.4 is 0 Å². The molecule has 1 atom stereocenters. The maximum atomic E-state index is 13.2. The summed E-state index contributed by atoms with van der Waals surface area (Å²) in [5.74, 6) is 0.611. The molecule has 2 aromatic rings. The van der Waals surface area contributed by atoms with Crippen LogP contribution in [0, 0.1) is 5.92 Å². The number of carbonyl (C=O) groups excluding carboxylic acids is 3. The van der Waals surface area contributed by atoms with Crippen LogP contribution >= 0.6 is 0 Å². The van der Waals surface area contributed by atoms with E-state index in [1.807, 2.05) is 34.1 Å². The van der Waals surface area contributed by atoms with Crippen molar-refractivity contribution in [3.8, 4) is 0 Å². The molecule has 0 N–H and O–H groups in total. The number of amides is 3. The van der Waals surface area contributed by atoms with E-state index in [1.54, 1.807) is 15.8 Å². The Kier molecular flexibility index (Phi) is 6.80. The topological polar surface area (TPSA) is 88.0 Å². The zero-order chi connectivity index (χ0) is 23.5. The minimum Gasteiger partial charge on any atom is -0.374 e. The molecule has 1 saturated carbocycles. The quantitative estimate of drug-likeness (QED) is 0.558. The maximum Gasteiger partial charge on any atom is 0.244 e. The summed E-state index contributed by atoms with van der Waals surface area (Å²) in [6, 6.07) is 7.78. The number of hydrogen-bond acceptors (Lipinski definition) is 5. The van der Waals surface area contributed by atoms with Gasteiger partial charge < -0.3 is 19.4 Å². The highest BCUT2D eigenvalue weighted by Crippen LogP contribution is 2.29. The molecule has 0 spiro atoms. The Balaban J connectivity index is 1.23. The minimum atomic E-state index is -0.209. The number of rotatable bonds is 9. The van der Waals surface area contributed by atoms with Crippen molar-refractivity contribution in [2.45, 2.75) is 44.8 Å². The van der Waals surface area contributed by atoms with Crippen LogP contribution in [0.2, 0.25) is 0 Å². The smallest absolute Gasteiger partial charge is 0.244 e. The highest BCUT2D eigenvalue weighted by atomic mass is 16.5. The van der Waals surface area contributed by atoms with Gasteiger partial charge in [0.25, 0.3) is 0 Å². The number of fused-ring (bicyclic) bond motifs is 1. The molecule has 34 heavy (non-hydrogen) atoms. The molecule has 0 bridgehead atoms. The van der Waals surface area contributed by atoms with Gasteiger partial charge in [0.1, 0.15) is 6.54 Å². The fourth-order valence-electron chi connectivity index (χ4n) is 4.82. The summed E-state index contributed by atoms with van der Waals surface area (Å²) in [7, 11) is 0. The van der Waals surface area contributed by atoms with E-state index in [4.69, 9.17) is 4.74 Å². The van der Waals surface area contributed by atoms with Crippen molar-refractivity contribution < 1.29 is 19.1 Å². The molecule has 3 amide bonds. The van der Waals surface area contributed by atoms with Crippen LogP contribution in [-0.2, 0) is 25.7 Å². The molecular weight excluding hydrogens is 434 g/mol. The standard InChI is InChI=1S/C25H33N5O4/c31-23-7-3-10-27(23)11-4-12-28-14-21(34-18-19-8-9-19)15-29(16-24(28)32)25(33)17-30-22-6-2-1-5-20(22)13-26-30/h1-2,5-6,13,19,21H,3-4,7-12,14-18H2. The van der Waals surface area contributed by atoms with Crippen LogP contribution in [0.5, 0.6) is 0 Å². The van der Waals surface area contributed by atoms with Crippen LogP contribution in [0.15, 0.2) is 30.5 Å². The second kappa shape index (κ2) is 10.1. The van der Waals surface area contributed by atoms with Gasteiger partial charge in [-0.05, 0) is 37.7 Å². The molecular formula is C25H33N5O4. The van der Waals surface area contributed by atoms with Crippen molar-refractivity contribution in [2.75, 3.05) is 45.9 Å². The second-order valence-electron chi connectivity index (χ2n) is 9.71. The van der Waals surface area contributed by atoms with Gasteiger partial charge >= 0.3 is 0 Å². The molecule has 1 aromatic carbocycles. The molecule has 2 saturated heterocycles. The van der Waals surface area contributed by atoms with Crippen molar-refractivity contribution >= 4 is 28.6 Å². The second-order valence-corrected chi connectivity index (χ2v) is 9.71. The molecule has 1 aromatic heterocycles. The Morgan fingerprint density at radius 3 is 2.68 bits per heavy atom. The van der Waals surface area contributed by atoms with Crippen molar-refractivity contribution in [3.05, 3.63) is 30.5 Å². The molecule has 9 nitrogen and oxygen atoms in total. The summed E-state index contributed by atoms with van der Waals surface area (Å²) < 4.78 is 7.87.